The van der Waals surface area contributed by atoms with Crippen LogP contribution >= 0.6 is 0 Å². The molecule has 0 heterocycles. The van der Waals surface area contributed by atoms with Gasteiger partial charge in [-0.15, -0.1) is 12.8 Å². The molecule has 0 fully saturated rings. The Morgan fingerprint density at radius 2 is 1.27 bits per heavy atom. The molecule has 2 aliphatic carbocycles. The van der Waals surface area contributed by atoms with E-state index in [1.165, 1.54) is 0 Å². The van der Waals surface area contributed by atoms with Crippen LogP contribution in [-0.2, 0) is 0 Å². The smallest absolute Gasteiger partial charge is 0.273 e. The second-order valence-corrected chi connectivity index (χ2v) is 2.01. The van der Waals surface area contributed by atoms with E-state index in [9.17, 15) is 0 Å². The molecule has 0 radical (unpaired) electrons. The zero-order valence-corrected chi connectivity index (χ0v) is 6.59. The fourth-order valence-corrected chi connectivity index (χ4v) is 0.680. The molecule has 0 amide bonds. The van der Waals surface area contributed by atoms with Gasteiger partial charge < -0.3 is 0 Å². The van der Waals surface area contributed by atoms with E-state index in [-0.39, 0.29) is 10.1 Å². The largest absolute Gasteiger partial charge is 2.00 e. The molecule has 0 aromatic rings. The molecule has 0 aromatic carbocycles. The standard InChI is InChI=1S/2C5H5.Be/c2*1-2-4-5-3-1;/h2*1-3H,4H2;/q2*-1;+2. The molecule has 0 N–H and O–H groups in total. The molecule has 0 aliphatic heterocycles. The summed E-state index contributed by atoms with van der Waals surface area (Å²) in [5.74, 6) is 0. The SMILES string of the molecule is [Be+2].[C-]1=CC=CC1.[C-]1=CC=CC1. The van der Waals surface area contributed by atoms with Crippen molar-refractivity contribution in [2.24, 2.45) is 0 Å². The minimum Gasteiger partial charge on any atom is -0.273 e. The first-order chi connectivity index (χ1) is 5.00. The molecule has 0 saturated heterocycles. The Kier molecular flexibility index (Phi) is 6.67. The number of hydrogen-bond acceptors (Lipinski definition) is 0. The third-order valence-corrected chi connectivity index (χ3v) is 1.17. The van der Waals surface area contributed by atoms with E-state index in [0.29, 0.717) is 0 Å². The minimum atomic E-state index is 0. The van der Waals surface area contributed by atoms with E-state index in [1.807, 2.05) is 24.3 Å². The summed E-state index contributed by atoms with van der Waals surface area (Å²) >= 11 is 0. The Hall–Kier alpha value is -0.871. The van der Waals surface area contributed by atoms with E-state index >= 15 is 0 Å². The van der Waals surface area contributed by atoms with Crippen molar-refractivity contribution in [3.8, 4) is 0 Å². The van der Waals surface area contributed by atoms with E-state index in [1.54, 1.807) is 0 Å². The first kappa shape index (κ1) is 10.1. The average molecular weight is 139 g/mol. The first-order valence-electron chi connectivity index (χ1n) is 3.43. The van der Waals surface area contributed by atoms with Crippen molar-refractivity contribution in [3.05, 3.63) is 48.6 Å². The maximum atomic E-state index is 2.99. The number of rotatable bonds is 0. The van der Waals surface area contributed by atoms with Crippen LogP contribution in [0, 0.1) is 12.2 Å². The van der Waals surface area contributed by atoms with Gasteiger partial charge in [-0.05, 0) is 0 Å². The van der Waals surface area contributed by atoms with Gasteiger partial charge in [-0.2, -0.15) is 12.2 Å². The van der Waals surface area contributed by atoms with Crippen molar-refractivity contribution in [2.75, 3.05) is 0 Å². The van der Waals surface area contributed by atoms with Gasteiger partial charge in [-0.1, -0.05) is 0 Å². The van der Waals surface area contributed by atoms with E-state index in [0.717, 1.165) is 12.8 Å². The molecular formula is C10H10Be. The molecule has 0 aromatic heterocycles. The van der Waals surface area contributed by atoms with Gasteiger partial charge in [-0.25, -0.2) is 24.3 Å². The summed E-state index contributed by atoms with van der Waals surface area (Å²) in [5.41, 5.74) is 0. The van der Waals surface area contributed by atoms with Crippen LogP contribution < -0.4 is 0 Å². The van der Waals surface area contributed by atoms with Gasteiger partial charge in [0.1, 0.15) is 0 Å². The Morgan fingerprint density at radius 1 is 0.818 bits per heavy atom. The van der Waals surface area contributed by atoms with E-state index in [4.69, 9.17) is 0 Å². The van der Waals surface area contributed by atoms with Crippen molar-refractivity contribution in [3.63, 3.8) is 0 Å². The Balaban J connectivity index is 0.000000167. The van der Waals surface area contributed by atoms with Gasteiger partial charge in [-0.3, -0.25) is 12.2 Å². The number of hydrogen-bond donors (Lipinski definition) is 0. The zero-order chi connectivity index (χ0) is 7.07. The van der Waals surface area contributed by atoms with Gasteiger partial charge in [0.15, 0.2) is 0 Å². The van der Waals surface area contributed by atoms with Crippen LogP contribution in [0.15, 0.2) is 36.5 Å². The second kappa shape index (κ2) is 7.24. The molecule has 0 unspecified atom stereocenters. The molecule has 0 spiro atoms. The topological polar surface area (TPSA) is 0 Å². The van der Waals surface area contributed by atoms with Gasteiger partial charge in [0.2, 0.25) is 0 Å². The molecule has 1 heteroatoms. The molecule has 52 valence electrons. The quantitative estimate of drug-likeness (QED) is 0.356. The van der Waals surface area contributed by atoms with Gasteiger partial charge >= 0.3 is 10.1 Å². The van der Waals surface area contributed by atoms with Crippen molar-refractivity contribution in [2.45, 2.75) is 12.8 Å². The van der Waals surface area contributed by atoms with Crippen molar-refractivity contribution in [1.29, 1.82) is 0 Å². The summed E-state index contributed by atoms with van der Waals surface area (Å²) in [6.45, 7) is 0. The van der Waals surface area contributed by atoms with Crippen LogP contribution in [0.5, 0.6) is 0 Å². The summed E-state index contributed by atoms with van der Waals surface area (Å²) in [5, 5.41) is 0. The number of allylic oxidation sites excluding steroid dienone is 8. The Labute approximate surface area is 72.2 Å². The van der Waals surface area contributed by atoms with Gasteiger partial charge in [0, 0.05) is 0 Å². The van der Waals surface area contributed by atoms with Crippen LogP contribution in [-0.4, -0.2) is 10.1 Å². The summed E-state index contributed by atoms with van der Waals surface area (Å²) in [4.78, 5) is 0. The molecular weight excluding hydrogens is 129 g/mol. The minimum absolute atomic E-state index is 0. The summed E-state index contributed by atoms with van der Waals surface area (Å²) in [6.07, 6.45) is 20.0. The third kappa shape index (κ3) is 5.57. The summed E-state index contributed by atoms with van der Waals surface area (Å²) < 4.78 is 0. The summed E-state index contributed by atoms with van der Waals surface area (Å²) in [7, 11) is 0. The van der Waals surface area contributed by atoms with Crippen LogP contribution in [0.3, 0.4) is 0 Å². The van der Waals surface area contributed by atoms with Crippen molar-refractivity contribution in [1.82, 2.24) is 0 Å². The monoisotopic (exact) mass is 139 g/mol. The molecule has 11 heavy (non-hydrogen) atoms. The van der Waals surface area contributed by atoms with Crippen molar-refractivity contribution >= 4 is 10.1 Å². The molecule has 2 rings (SSSR count). The molecule has 0 saturated carbocycles. The maximum absolute atomic E-state index is 2.99. The van der Waals surface area contributed by atoms with Crippen LogP contribution in [0.2, 0.25) is 0 Å². The van der Waals surface area contributed by atoms with Crippen LogP contribution in [0.25, 0.3) is 0 Å². The predicted octanol–water partition coefficient (Wildman–Crippen LogP) is 2.23. The molecule has 0 nitrogen and oxygen atoms in total. The van der Waals surface area contributed by atoms with E-state index < -0.39 is 0 Å². The Bertz CT molecular complexity index is 143. The Morgan fingerprint density at radius 3 is 1.36 bits per heavy atom. The summed E-state index contributed by atoms with van der Waals surface area (Å²) in [6, 6.07) is 0. The first-order valence-corrected chi connectivity index (χ1v) is 3.43. The molecule has 0 atom stereocenters. The fourth-order valence-electron chi connectivity index (χ4n) is 0.680. The van der Waals surface area contributed by atoms with Crippen LogP contribution in [0.1, 0.15) is 12.8 Å². The van der Waals surface area contributed by atoms with Crippen molar-refractivity contribution < 1.29 is 0 Å². The maximum Gasteiger partial charge on any atom is 2.00 e. The fraction of sp³-hybridized carbons (Fsp3) is 0.200. The third-order valence-electron chi connectivity index (χ3n) is 1.17. The zero-order valence-electron chi connectivity index (χ0n) is 6.59. The predicted molar refractivity (Wildman–Crippen MR) is 48.9 cm³/mol. The second-order valence-electron chi connectivity index (χ2n) is 2.01. The normalized spacial score (nSPS) is 16.0. The van der Waals surface area contributed by atoms with Crippen LogP contribution in [0.4, 0.5) is 0 Å². The average Bonchev–Trinajstić information content (AvgIpc) is 2.67. The van der Waals surface area contributed by atoms with E-state index in [2.05, 4.69) is 24.3 Å². The molecule has 0 bridgehead atoms. The molecule has 2 aliphatic rings. The van der Waals surface area contributed by atoms with Gasteiger partial charge in [0.05, 0.1) is 0 Å². The van der Waals surface area contributed by atoms with Gasteiger partial charge in [0.25, 0.3) is 0 Å².